The first-order valence-electron chi connectivity index (χ1n) is 4.67. The lowest BCUT2D eigenvalue weighted by Gasteiger charge is -2.21. The molecule has 0 heterocycles. The largest absolute Gasteiger partial charge is 0.481 e. The highest BCUT2D eigenvalue weighted by Crippen LogP contribution is 2.01. The van der Waals surface area contributed by atoms with Gasteiger partial charge in [0, 0.05) is 13.1 Å². The summed E-state index contributed by atoms with van der Waals surface area (Å²) < 4.78 is 0. The fourth-order valence-corrected chi connectivity index (χ4v) is 1.12. The summed E-state index contributed by atoms with van der Waals surface area (Å²) >= 11 is 0. The van der Waals surface area contributed by atoms with Crippen LogP contribution in [0.5, 0.6) is 0 Å². The van der Waals surface area contributed by atoms with Gasteiger partial charge in [-0.3, -0.25) is 4.79 Å². The molecule has 0 radical (unpaired) electrons. The molecule has 0 saturated carbocycles. The summed E-state index contributed by atoms with van der Waals surface area (Å²) in [6, 6.07) is 0. The lowest BCUT2D eigenvalue weighted by atomic mass is 10.1. The SMILES string of the molecule is C=CCCN(CC)CC(C)C(=O)O. The van der Waals surface area contributed by atoms with Crippen LogP contribution in [0.15, 0.2) is 12.7 Å². The Kier molecular flexibility index (Phi) is 6.24. The highest BCUT2D eigenvalue weighted by molar-refractivity contribution is 5.69. The van der Waals surface area contributed by atoms with Crippen molar-refractivity contribution in [1.82, 2.24) is 4.90 Å². The summed E-state index contributed by atoms with van der Waals surface area (Å²) in [6.45, 7) is 9.83. The van der Waals surface area contributed by atoms with Crippen molar-refractivity contribution in [2.75, 3.05) is 19.6 Å². The van der Waals surface area contributed by atoms with Gasteiger partial charge in [-0.2, -0.15) is 0 Å². The van der Waals surface area contributed by atoms with E-state index in [4.69, 9.17) is 5.11 Å². The number of aliphatic carboxylic acids is 1. The van der Waals surface area contributed by atoms with Crippen LogP contribution in [0.25, 0.3) is 0 Å². The van der Waals surface area contributed by atoms with Crippen molar-refractivity contribution in [3.05, 3.63) is 12.7 Å². The first-order valence-corrected chi connectivity index (χ1v) is 4.67. The predicted octanol–water partition coefficient (Wildman–Crippen LogP) is 1.61. The van der Waals surface area contributed by atoms with Gasteiger partial charge >= 0.3 is 5.97 Å². The smallest absolute Gasteiger partial charge is 0.307 e. The fraction of sp³-hybridized carbons (Fsp3) is 0.700. The average molecular weight is 185 g/mol. The summed E-state index contributed by atoms with van der Waals surface area (Å²) in [6.07, 6.45) is 2.77. The lowest BCUT2D eigenvalue weighted by molar-refractivity contribution is -0.141. The van der Waals surface area contributed by atoms with E-state index in [0.717, 1.165) is 19.5 Å². The molecule has 0 saturated heterocycles. The quantitative estimate of drug-likeness (QED) is 0.612. The van der Waals surface area contributed by atoms with E-state index in [9.17, 15) is 4.79 Å². The van der Waals surface area contributed by atoms with Gasteiger partial charge in [0.05, 0.1) is 5.92 Å². The zero-order valence-corrected chi connectivity index (χ0v) is 8.49. The second-order valence-electron chi connectivity index (χ2n) is 3.21. The van der Waals surface area contributed by atoms with Gasteiger partial charge in [0.25, 0.3) is 0 Å². The molecule has 0 aromatic rings. The zero-order chi connectivity index (χ0) is 10.3. The number of hydrogen-bond donors (Lipinski definition) is 1. The van der Waals surface area contributed by atoms with E-state index in [2.05, 4.69) is 11.5 Å². The van der Waals surface area contributed by atoms with Crippen LogP contribution in [-0.2, 0) is 4.79 Å². The third kappa shape index (κ3) is 5.42. The lowest BCUT2D eigenvalue weighted by Crippen LogP contribution is -2.32. The van der Waals surface area contributed by atoms with Crippen LogP contribution in [0.2, 0.25) is 0 Å². The minimum absolute atomic E-state index is 0.287. The molecule has 3 heteroatoms. The third-order valence-corrected chi connectivity index (χ3v) is 2.05. The number of carbonyl (C=O) groups is 1. The molecular weight excluding hydrogens is 166 g/mol. The summed E-state index contributed by atoms with van der Waals surface area (Å²) in [7, 11) is 0. The molecule has 13 heavy (non-hydrogen) atoms. The van der Waals surface area contributed by atoms with Crippen molar-refractivity contribution < 1.29 is 9.90 Å². The van der Waals surface area contributed by atoms with Crippen LogP contribution in [0.1, 0.15) is 20.3 Å². The molecule has 0 aliphatic carbocycles. The van der Waals surface area contributed by atoms with E-state index in [-0.39, 0.29) is 5.92 Å². The van der Waals surface area contributed by atoms with Crippen molar-refractivity contribution in [1.29, 1.82) is 0 Å². The van der Waals surface area contributed by atoms with Gasteiger partial charge in [0.15, 0.2) is 0 Å². The van der Waals surface area contributed by atoms with Gasteiger partial charge in [0.2, 0.25) is 0 Å². The van der Waals surface area contributed by atoms with Gasteiger partial charge in [-0.15, -0.1) is 6.58 Å². The molecular formula is C10H19NO2. The maximum absolute atomic E-state index is 10.6. The molecule has 0 spiro atoms. The van der Waals surface area contributed by atoms with Gasteiger partial charge in [0.1, 0.15) is 0 Å². The van der Waals surface area contributed by atoms with E-state index in [0.29, 0.717) is 6.54 Å². The van der Waals surface area contributed by atoms with E-state index in [1.54, 1.807) is 6.92 Å². The average Bonchev–Trinajstić information content (AvgIpc) is 2.11. The number of hydrogen-bond acceptors (Lipinski definition) is 2. The van der Waals surface area contributed by atoms with E-state index >= 15 is 0 Å². The van der Waals surface area contributed by atoms with Crippen LogP contribution >= 0.6 is 0 Å². The first kappa shape index (κ1) is 12.2. The number of carboxylic acids is 1. The maximum Gasteiger partial charge on any atom is 0.307 e. The Morgan fingerprint density at radius 1 is 1.69 bits per heavy atom. The third-order valence-electron chi connectivity index (χ3n) is 2.05. The molecule has 0 fully saturated rings. The van der Waals surface area contributed by atoms with Crippen molar-refractivity contribution in [3.63, 3.8) is 0 Å². The number of carboxylic acid groups (broad SMARTS) is 1. The Hall–Kier alpha value is -0.830. The Morgan fingerprint density at radius 2 is 2.31 bits per heavy atom. The highest BCUT2D eigenvalue weighted by Gasteiger charge is 2.13. The van der Waals surface area contributed by atoms with Crippen LogP contribution in [0.4, 0.5) is 0 Å². The molecule has 1 unspecified atom stereocenters. The van der Waals surface area contributed by atoms with E-state index in [1.165, 1.54) is 0 Å². The number of nitrogens with zero attached hydrogens (tertiary/aromatic N) is 1. The monoisotopic (exact) mass is 185 g/mol. The minimum Gasteiger partial charge on any atom is -0.481 e. The Morgan fingerprint density at radius 3 is 2.69 bits per heavy atom. The molecule has 3 nitrogen and oxygen atoms in total. The molecule has 1 atom stereocenters. The molecule has 0 aliphatic rings. The molecule has 76 valence electrons. The summed E-state index contributed by atoms with van der Waals surface area (Å²) in [5.41, 5.74) is 0. The molecule has 0 aromatic carbocycles. The Labute approximate surface area is 80.0 Å². The van der Waals surface area contributed by atoms with Gasteiger partial charge in [-0.1, -0.05) is 19.9 Å². The van der Waals surface area contributed by atoms with Crippen LogP contribution in [0.3, 0.4) is 0 Å². The van der Waals surface area contributed by atoms with Crippen LogP contribution in [0, 0.1) is 5.92 Å². The summed E-state index contributed by atoms with van der Waals surface area (Å²) in [5, 5.41) is 8.70. The summed E-state index contributed by atoms with van der Waals surface area (Å²) in [4.78, 5) is 12.7. The Bertz CT molecular complexity index is 168. The van der Waals surface area contributed by atoms with Crippen LogP contribution in [-0.4, -0.2) is 35.6 Å². The van der Waals surface area contributed by atoms with E-state index < -0.39 is 5.97 Å². The zero-order valence-electron chi connectivity index (χ0n) is 8.49. The number of rotatable bonds is 7. The van der Waals surface area contributed by atoms with Crippen molar-refractivity contribution in [2.45, 2.75) is 20.3 Å². The topological polar surface area (TPSA) is 40.5 Å². The van der Waals surface area contributed by atoms with Gasteiger partial charge in [-0.05, 0) is 13.0 Å². The van der Waals surface area contributed by atoms with Crippen molar-refractivity contribution >= 4 is 5.97 Å². The second kappa shape index (κ2) is 6.66. The first-order chi connectivity index (χ1) is 6.11. The predicted molar refractivity (Wildman–Crippen MR) is 53.7 cm³/mol. The van der Waals surface area contributed by atoms with Crippen molar-refractivity contribution in [2.24, 2.45) is 5.92 Å². The minimum atomic E-state index is -0.725. The molecule has 0 rings (SSSR count). The Balaban J connectivity index is 3.82. The molecule has 0 amide bonds. The van der Waals surface area contributed by atoms with Gasteiger partial charge < -0.3 is 10.0 Å². The molecule has 0 aliphatic heterocycles. The standard InChI is InChI=1S/C10H19NO2/c1-4-6-7-11(5-2)8-9(3)10(12)13/h4,9H,1,5-8H2,2-3H3,(H,12,13). The second-order valence-corrected chi connectivity index (χ2v) is 3.21. The summed E-state index contributed by atoms with van der Waals surface area (Å²) in [5.74, 6) is -1.01. The highest BCUT2D eigenvalue weighted by atomic mass is 16.4. The normalized spacial score (nSPS) is 12.8. The molecule has 0 bridgehead atoms. The van der Waals surface area contributed by atoms with Gasteiger partial charge in [-0.25, -0.2) is 0 Å². The fourth-order valence-electron chi connectivity index (χ4n) is 1.12. The van der Waals surface area contributed by atoms with Crippen LogP contribution < -0.4 is 0 Å². The molecule has 1 N–H and O–H groups in total. The maximum atomic E-state index is 10.6. The van der Waals surface area contributed by atoms with E-state index in [1.807, 2.05) is 13.0 Å². The molecule has 0 aromatic heterocycles. The van der Waals surface area contributed by atoms with Crippen molar-refractivity contribution in [3.8, 4) is 0 Å².